The molecular formula is C23H28ClN5O2S. The third-order valence-corrected chi connectivity index (χ3v) is 7.31. The smallest absolute Gasteiger partial charge is 0.336 e. The van der Waals surface area contributed by atoms with Gasteiger partial charge in [0.25, 0.3) is 0 Å². The number of likely N-dealkylation sites (N-methyl/N-ethyl adjacent to an activating group) is 1. The molecule has 0 aliphatic carbocycles. The molecule has 1 saturated heterocycles. The quantitative estimate of drug-likeness (QED) is 0.487. The van der Waals surface area contributed by atoms with E-state index in [0.29, 0.717) is 34.1 Å². The van der Waals surface area contributed by atoms with E-state index in [1.54, 1.807) is 18.3 Å². The summed E-state index contributed by atoms with van der Waals surface area (Å²) in [7, 11) is 2.18. The van der Waals surface area contributed by atoms with Crippen molar-refractivity contribution in [2.45, 2.75) is 32.4 Å². The van der Waals surface area contributed by atoms with E-state index in [4.69, 9.17) is 11.6 Å². The first-order chi connectivity index (χ1) is 15.3. The second-order valence-electron chi connectivity index (χ2n) is 8.46. The highest BCUT2D eigenvalue weighted by molar-refractivity contribution is 7.22. The summed E-state index contributed by atoms with van der Waals surface area (Å²) in [6, 6.07) is 8.21. The largest absolute Gasteiger partial charge is 0.478 e. The average molecular weight is 474 g/mol. The number of thiophene rings is 1. The zero-order valence-corrected chi connectivity index (χ0v) is 20.1. The number of carboxylic acid groups (broad SMARTS) is 1. The minimum Gasteiger partial charge on any atom is -0.478 e. The summed E-state index contributed by atoms with van der Waals surface area (Å²) in [6.07, 6.45) is 2.59. The molecule has 1 aromatic carbocycles. The van der Waals surface area contributed by atoms with Gasteiger partial charge in [0, 0.05) is 48.3 Å². The Morgan fingerprint density at radius 3 is 2.78 bits per heavy atom. The van der Waals surface area contributed by atoms with E-state index in [1.807, 2.05) is 12.1 Å². The lowest BCUT2D eigenvalue weighted by molar-refractivity contribution is 0.0523. The number of hydrogen-bond donors (Lipinski definition) is 2. The van der Waals surface area contributed by atoms with E-state index in [2.05, 4.69) is 46.0 Å². The van der Waals surface area contributed by atoms with E-state index in [9.17, 15) is 9.90 Å². The number of rotatable bonds is 7. The van der Waals surface area contributed by atoms with Crippen molar-refractivity contribution in [2.24, 2.45) is 0 Å². The van der Waals surface area contributed by atoms with Gasteiger partial charge in [-0.25, -0.2) is 14.8 Å². The van der Waals surface area contributed by atoms with Gasteiger partial charge in [-0.15, -0.1) is 11.3 Å². The fourth-order valence-electron chi connectivity index (χ4n) is 4.51. The van der Waals surface area contributed by atoms with E-state index >= 15 is 0 Å². The van der Waals surface area contributed by atoms with Crippen molar-refractivity contribution < 1.29 is 9.90 Å². The number of anilines is 1. The van der Waals surface area contributed by atoms with Crippen LogP contribution in [0.3, 0.4) is 0 Å². The molecule has 0 saturated carbocycles. The summed E-state index contributed by atoms with van der Waals surface area (Å²) >= 11 is 7.87. The number of hydrogen-bond acceptors (Lipinski definition) is 7. The molecule has 1 fully saturated rings. The minimum absolute atomic E-state index is 0.279. The maximum absolute atomic E-state index is 11.5. The number of nitrogens with zero attached hydrogens (tertiary/aromatic N) is 4. The van der Waals surface area contributed by atoms with Gasteiger partial charge in [0.1, 0.15) is 5.69 Å². The zero-order valence-electron chi connectivity index (χ0n) is 18.5. The van der Waals surface area contributed by atoms with Crippen LogP contribution in [0.4, 0.5) is 5.95 Å². The van der Waals surface area contributed by atoms with Crippen LogP contribution in [0.2, 0.25) is 5.02 Å². The predicted molar refractivity (Wildman–Crippen MR) is 131 cm³/mol. The first-order valence-electron chi connectivity index (χ1n) is 10.8. The van der Waals surface area contributed by atoms with Crippen LogP contribution in [0, 0.1) is 0 Å². The van der Waals surface area contributed by atoms with Crippen molar-refractivity contribution >= 4 is 44.9 Å². The van der Waals surface area contributed by atoms with Crippen molar-refractivity contribution in [3.8, 4) is 10.6 Å². The standard InChI is InChI=1S/C23H28ClN5O2S/c1-14-12-28(3)13-15(2)29(14)9-5-8-25-23-26-11-18(24)21(27-23)20-10-17-16(22(30)31)6-4-7-19(17)32-20/h4,6-7,10-11,14-15H,5,8-9,12-13H2,1-3H3,(H,30,31)(H,25,26,27). The number of fused-ring (bicyclic) bond motifs is 1. The van der Waals surface area contributed by atoms with Gasteiger partial charge in [-0.2, -0.15) is 0 Å². The molecule has 4 rings (SSSR count). The van der Waals surface area contributed by atoms with Crippen molar-refractivity contribution in [3.63, 3.8) is 0 Å². The third kappa shape index (κ3) is 4.88. The molecule has 1 aliphatic heterocycles. The first-order valence-corrected chi connectivity index (χ1v) is 12.0. The summed E-state index contributed by atoms with van der Waals surface area (Å²) in [6.45, 7) is 8.56. The minimum atomic E-state index is -0.944. The van der Waals surface area contributed by atoms with Gasteiger partial charge < -0.3 is 15.3 Å². The number of carboxylic acids is 1. The van der Waals surface area contributed by atoms with Crippen LogP contribution < -0.4 is 5.32 Å². The number of piperazine rings is 1. The molecule has 1 aliphatic rings. The fourth-order valence-corrected chi connectivity index (χ4v) is 5.85. The van der Waals surface area contributed by atoms with Crippen LogP contribution in [-0.2, 0) is 0 Å². The van der Waals surface area contributed by atoms with Gasteiger partial charge in [-0.3, -0.25) is 4.90 Å². The molecule has 2 N–H and O–H groups in total. The number of carbonyl (C=O) groups is 1. The summed E-state index contributed by atoms with van der Waals surface area (Å²) < 4.78 is 0.888. The van der Waals surface area contributed by atoms with Crippen molar-refractivity contribution in [3.05, 3.63) is 41.0 Å². The first kappa shape index (κ1) is 22.9. The maximum atomic E-state index is 11.5. The normalized spacial score (nSPS) is 20.0. The fraction of sp³-hybridized carbons (Fsp3) is 0.435. The van der Waals surface area contributed by atoms with Crippen LogP contribution in [0.15, 0.2) is 30.5 Å². The number of aromatic nitrogens is 2. The molecule has 3 heterocycles. The lowest BCUT2D eigenvalue weighted by Crippen LogP contribution is -2.55. The predicted octanol–water partition coefficient (Wildman–Crippen LogP) is 4.54. The topological polar surface area (TPSA) is 81.6 Å². The lowest BCUT2D eigenvalue weighted by Gasteiger charge is -2.43. The SMILES string of the molecule is CC1CN(C)CC(C)N1CCCNc1ncc(Cl)c(-c2cc3c(C(=O)O)cccc3s2)n1. The van der Waals surface area contributed by atoms with Crippen LogP contribution >= 0.6 is 22.9 Å². The van der Waals surface area contributed by atoms with Crippen LogP contribution in [0.25, 0.3) is 20.7 Å². The number of nitrogens with one attached hydrogen (secondary N) is 1. The third-order valence-electron chi connectivity index (χ3n) is 5.93. The summed E-state index contributed by atoms with van der Waals surface area (Å²) in [5, 5.41) is 13.9. The van der Waals surface area contributed by atoms with E-state index in [1.165, 1.54) is 11.3 Å². The monoisotopic (exact) mass is 473 g/mol. The lowest BCUT2D eigenvalue weighted by atomic mass is 10.1. The highest BCUT2D eigenvalue weighted by Crippen LogP contribution is 2.37. The molecule has 9 heteroatoms. The second kappa shape index (κ2) is 9.70. The highest BCUT2D eigenvalue weighted by Gasteiger charge is 2.26. The average Bonchev–Trinajstić information content (AvgIpc) is 3.17. The molecular weight excluding hydrogens is 446 g/mol. The Labute approximate surface area is 197 Å². The zero-order chi connectivity index (χ0) is 22.8. The van der Waals surface area contributed by atoms with E-state index < -0.39 is 5.97 Å². The molecule has 2 unspecified atom stereocenters. The molecule has 0 spiro atoms. The van der Waals surface area contributed by atoms with Gasteiger partial charge in [0.05, 0.1) is 21.7 Å². The number of aromatic carboxylic acids is 1. The Hall–Kier alpha value is -2.26. The van der Waals surface area contributed by atoms with Gasteiger partial charge in [0.15, 0.2) is 0 Å². The van der Waals surface area contributed by atoms with Crippen molar-refractivity contribution in [1.29, 1.82) is 0 Å². The summed E-state index contributed by atoms with van der Waals surface area (Å²) in [5.74, 6) is -0.417. The molecule has 170 valence electrons. The van der Waals surface area contributed by atoms with Gasteiger partial charge in [0.2, 0.25) is 5.95 Å². The van der Waals surface area contributed by atoms with E-state index in [-0.39, 0.29) is 5.56 Å². The highest BCUT2D eigenvalue weighted by atomic mass is 35.5. The molecule has 0 bridgehead atoms. The van der Waals surface area contributed by atoms with Crippen LogP contribution in [0.1, 0.15) is 30.6 Å². The molecule has 7 nitrogen and oxygen atoms in total. The Kier molecular flexibility index (Phi) is 6.95. The van der Waals surface area contributed by atoms with E-state index in [0.717, 1.165) is 42.2 Å². The van der Waals surface area contributed by atoms with Gasteiger partial charge in [-0.05, 0) is 45.5 Å². The molecule has 3 aromatic rings. The van der Waals surface area contributed by atoms with Crippen LogP contribution in [-0.4, -0.2) is 76.2 Å². The Morgan fingerprint density at radius 1 is 1.31 bits per heavy atom. The Morgan fingerprint density at radius 2 is 2.06 bits per heavy atom. The van der Waals surface area contributed by atoms with Gasteiger partial charge >= 0.3 is 5.97 Å². The molecule has 2 aromatic heterocycles. The van der Waals surface area contributed by atoms with Crippen LogP contribution in [0.5, 0.6) is 0 Å². The Balaban J connectivity index is 1.44. The molecule has 32 heavy (non-hydrogen) atoms. The number of halogens is 1. The number of benzene rings is 1. The Bertz CT molecular complexity index is 1110. The van der Waals surface area contributed by atoms with Crippen molar-refractivity contribution in [1.82, 2.24) is 19.8 Å². The molecule has 2 atom stereocenters. The maximum Gasteiger partial charge on any atom is 0.336 e. The molecule has 0 radical (unpaired) electrons. The van der Waals surface area contributed by atoms with Crippen molar-refractivity contribution in [2.75, 3.05) is 38.5 Å². The summed E-state index contributed by atoms with van der Waals surface area (Å²) in [5.41, 5.74) is 0.893. The molecule has 0 amide bonds. The van der Waals surface area contributed by atoms with Gasteiger partial charge in [-0.1, -0.05) is 17.7 Å². The summed E-state index contributed by atoms with van der Waals surface area (Å²) in [4.78, 5) is 26.3. The second-order valence-corrected chi connectivity index (χ2v) is 9.95.